The summed E-state index contributed by atoms with van der Waals surface area (Å²) in [7, 11) is 1.77. The van der Waals surface area contributed by atoms with E-state index in [9.17, 15) is 9.59 Å². The summed E-state index contributed by atoms with van der Waals surface area (Å²) in [6.07, 6.45) is -4.01. The van der Waals surface area contributed by atoms with Crippen molar-refractivity contribution in [3.8, 4) is 0 Å². The number of carbonyl (C=O) groups is 2. The molecule has 1 fully saturated rings. The summed E-state index contributed by atoms with van der Waals surface area (Å²) >= 11 is 0. The molecule has 2 N–H and O–H groups in total. The molecule has 6 nitrogen and oxygen atoms in total. The number of hydrogen-bond donors (Lipinski definition) is 2. The minimum Gasteiger partial charge on any atom is -0.449 e. The molecule has 1 rings (SSSR count). The highest BCUT2D eigenvalue weighted by Gasteiger charge is 2.47. The van der Waals surface area contributed by atoms with Crippen LogP contribution in [0, 0.1) is 0 Å². The maximum atomic E-state index is 11.2. The fraction of sp³-hybridized carbons (Fsp3) is 0.667. The van der Waals surface area contributed by atoms with Gasteiger partial charge in [-0.05, 0) is 0 Å². The summed E-state index contributed by atoms with van der Waals surface area (Å²) in [6, 6.07) is 0. The molecule has 1 saturated heterocycles. The molecule has 0 aromatic rings. The van der Waals surface area contributed by atoms with Crippen LogP contribution in [0.25, 0.3) is 0 Å². The van der Waals surface area contributed by atoms with Gasteiger partial charge in [-0.3, -0.25) is 4.79 Å². The van der Waals surface area contributed by atoms with Gasteiger partial charge in [0.25, 0.3) is 0 Å². The summed E-state index contributed by atoms with van der Waals surface area (Å²) in [4.78, 5) is 22.1. The van der Waals surface area contributed by atoms with Gasteiger partial charge in [-0.2, -0.15) is 0 Å². The Kier molecular flexibility index (Phi) is 3.33. The number of hydrogen-bond acceptors (Lipinski definition) is 6. The molecule has 0 aromatic carbocycles. The fourth-order valence-corrected chi connectivity index (χ4v) is 1.24. The molecule has 1 heterocycles. The van der Waals surface area contributed by atoms with Gasteiger partial charge in [0.15, 0.2) is 6.10 Å². The van der Waals surface area contributed by atoms with Crippen LogP contribution in [0.4, 0.5) is 0 Å². The van der Waals surface area contributed by atoms with E-state index < -0.39 is 36.7 Å². The number of ether oxygens (including phenoxy) is 1. The lowest BCUT2D eigenvalue weighted by molar-refractivity contribution is -0.150. The largest absolute Gasteiger partial charge is 0.449 e. The molecular formula is C6H9O6P. The summed E-state index contributed by atoms with van der Waals surface area (Å²) in [6.45, 7) is -0.646. The molecular weight excluding hydrogens is 199 g/mol. The maximum Gasteiger partial charge on any atom is 0.344 e. The predicted molar refractivity (Wildman–Crippen MR) is 42.6 cm³/mol. The average molecular weight is 208 g/mol. The van der Waals surface area contributed by atoms with Crippen LogP contribution in [0.2, 0.25) is 0 Å². The van der Waals surface area contributed by atoms with Crippen molar-refractivity contribution in [2.45, 2.75) is 18.3 Å². The first-order valence-electron chi connectivity index (χ1n) is 3.50. The summed E-state index contributed by atoms with van der Waals surface area (Å²) in [5.74, 6) is -1.53. The molecule has 13 heavy (non-hydrogen) atoms. The van der Waals surface area contributed by atoms with E-state index in [2.05, 4.69) is 9.26 Å². The number of cyclic esters (lactones) is 1. The van der Waals surface area contributed by atoms with Gasteiger partial charge >= 0.3 is 5.97 Å². The standard InChI is InChI=1S/C6H9O6P/c7-1-2(8)4-3(9)5(12-13)6(10)11-4/h2,4-5,7-8H,1,13H2. The van der Waals surface area contributed by atoms with Crippen LogP contribution >= 0.6 is 9.47 Å². The predicted octanol–water partition coefficient (Wildman–Crippen LogP) is -1.99. The molecule has 0 radical (unpaired) electrons. The van der Waals surface area contributed by atoms with Crippen molar-refractivity contribution in [3.63, 3.8) is 0 Å². The molecule has 0 spiro atoms. The monoisotopic (exact) mass is 208 g/mol. The van der Waals surface area contributed by atoms with E-state index in [1.165, 1.54) is 0 Å². The minimum absolute atomic E-state index is 0.646. The van der Waals surface area contributed by atoms with Crippen molar-refractivity contribution in [1.29, 1.82) is 0 Å². The second-order valence-corrected chi connectivity index (χ2v) is 2.80. The minimum atomic E-state index is -1.39. The normalized spacial score (nSPS) is 30.4. The zero-order valence-corrected chi connectivity index (χ0v) is 7.70. The molecule has 4 atom stereocenters. The lowest BCUT2D eigenvalue weighted by Gasteiger charge is -2.11. The van der Waals surface area contributed by atoms with E-state index in [-0.39, 0.29) is 0 Å². The Morgan fingerprint density at radius 3 is 2.62 bits per heavy atom. The molecule has 7 heteroatoms. The van der Waals surface area contributed by atoms with Crippen LogP contribution in [0.5, 0.6) is 0 Å². The van der Waals surface area contributed by atoms with Crippen LogP contribution in [0.1, 0.15) is 0 Å². The number of esters is 1. The van der Waals surface area contributed by atoms with Crippen molar-refractivity contribution >= 4 is 21.2 Å². The third-order valence-electron chi connectivity index (χ3n) is 1.67. The van der Waals surface area contributed by atoms with Crippen molar-refractivity contribution in [2.75, 3.05) is 6.61 Å². The summed E-state index contributed by atoms with van der Waals surface area (Å²) in [5.41, 5.74) is 0. The van der Waals surface area contributed by atoms with Crippen molar-refractivity contribution in [3.05, 3.63) is 0 Å². The first kappa shape index (κ1) is 10.5. The van der Waals surface area contributed by atoms with E-state index in [0.717, 1.165) is 0 Å². The van der Waals surface area contributed by atoms with Crippen LogP contribution in [0.15, 0.2) is 0 Å². The topological polar surface area (TPSA) is 93.1 Å². The lowest BCUT2D eigenvalue weighted by atomic mass is 10.1. The van der Waals surface area contributed by atoms with Crippen LogP contribution in [-0.4, -0.2) is 46.9 Å². The summed E-state index contributed by atoms with van der Waals surface area (Å²) < 4.78 is 8.95. The third kappa shape index (κ3) is 1.86. The summed E-state index contributed by atoms with van der Waals surface area (Å²) in [5, 5.41) is 17.6. The molecule has 0 amide bonds. The Balaban J connectivity index is 2.72. The molecule has 4 unspecified atom stereocenters. The lowest BCUT2D eigenvalue weighted by Crippen LogP contribution is -2.36. The van der Waals surface area contributed by atoms with Gasteiger partial charge in [0, 0.05) is 9.47 Å². The first-order chi connectivity index (χ1) is 6.11. The van der Waals surface area contributed by atoms with Gasteiger partial charge in [0.2, 0.25) is 11.9 Å². The van der Waals surface area contributed by atoms with Crippen molar-refractivity contribution in [2.24, 2.45) is 0 Å². The van der Waals surface area contributed by atoms with Crippen molar-refractivity contribution in [1.82, 2.24) is 0 Å². The second kappa shape index (κ2) is 4.11. The molecule has 0 saturated carbocycles. The Morgan fingerprint density at radius 1 is 1.62 bits per heavy atom. The van der Waals surface area contributed by atoms with Crippen LogP contribution < -0.4 is 0 Å². The van der Waals surface area contributed by atoms with Gasteiger partial charge < -0.3 is 19.5 Å². The van der Waals surface area contributed by atoms with Gasteiger partial charge in [-0.15, -0.1) is 0 Å². The third-order valence-corrected chi connectivity index (χ3v) is 1.94. The van der Waals surface area contributed by atoms with Gasteiger partial charge in [0.05, 0.1) is 6.61 Å². The van der Waals surface area contributed by atoms with Gasteiger partial charge in [0.1, 0.15) is 6.10 Å². The fourth-order valence-electron chi connectivity index (χ4n) is 0.997. The number of Topliss-reactive ketones (excluding diaryl/α,β-unsaturated/α-hetero) is 1. The zero-order valence-electron chi connectivity index (χ0n) is 6.54. The number of aliphatic hydroxyl groups excluding tert-OH is 2. The Bertz CT molecular complexity index is 229. The van der Waals surface area contributed by atoms with Gasteiger partial charge in [-0.25, -0.2) is 4.79 Å². The maximum absolute atomic E-state index is 11.2. The molecule has 74 valence electrons. The first-order valence-corrected chi connectivity index (χ1v) is 3.97. The van der Waals surface area contributed by atoms with Crippen molar-refractivity contribution < 1.29 is 29.1 Å². The second-order valence-electron chi connectivity index (χ2n) is 2.53. The van der Waals surface area contributed by atoms with E-state index >= 15 is 0 Å². The molecule has 0 aliphatic carbocycles. The molecule has 1 aliphatic heterocycles. The zero-order chi connectivity index (χ0) is 10.0. The Hall–Kier alpha value is -0.550. The number of rotatable bonds is 3. The number of carbonyl (C=O) groups excluding carboxylic acids is 2. The molecule has 1 aliphatic rings. The SMILES string of the molecule is O=C1OC(C(O)CO)C(=O)C1OP. The van der Waals surface area contributed by atoms with Crippen LogP contribution in [0.3, 0.4) is 0 Å². The van der Waals surface area contributed by atoms with Crippen LogP contribution in [-0.2, 0) is 18.8 Å². The quantitative estimate of drug-likeness (QED) is 0.317. The van der Waals surface area contributed by atoms with E-state index in [1.807, 2.05) is 0 Å². The Labute approximate surface area is 76.1 Å². The highest BCUT2D eigenvalue weighted by molar-refractivity contribution is 7.10. The average Bonchev–Trinajstić information content (AvgIpc) is 2.40. The smallest absolute Gasteiger partial charge is 0.344 e. The number of ketones is 1. The number of aliphatic hydroxyl groups is 2. The van der Waals surface area contributed by atoms with Gasteiger partial charge in [-0.1, -0.05) is 0 Å². The van der Waals surface area contributed by atoms with E-state index in [0.29, 0.717) is 0 Å². The molecule has 0 bridgehead atoms. The van der Waals surface area contributed by atoms with E-state index in [1.54, 1.807) is 9.47 Å². The highest BCUT2D eigenvalue weighted by atomic mass is 31.0. The van der Waals surface area contributed by atoms with E-state index in [4.69, 9.17) is 10.2 Å². The highest BCUT2D eigenvalue weighted by Crippen LogP contribution is 2.18. The Morgan fingerprint density at radius 2 is 2.23 bits per heavy atom. The molecule has 0 aromatic heterocycles.